The lowest BCUT2D eigenvalue weighted by Gasteiger charge is -2.21. The van der Waals surface area contributed by atoms with Crippen molar-refractivity contribution in [2.24, 2.45) is 5.92 Å². The maximum atomic E-state index is 12.4. The fourth-order valence-corrected chi connectivity index (χ4v) is 4.68. The Bertz CT molecular complexity index is 806. The molecular formula is C20H26BrN3O3S. The fraction of sp³-hybridized carbons (Fsp3) is 0.500. The number of nitrogens with one attached hydrogen (secondary N) is 2. The van der Waals surface area contributed by atoms with Crippen molar-refractivity contribution in [1.82, 2.24) is 10.3 Å². The number of methoxy groups -OCH3 is 1. The summed E-state index contributed by atoms with van der Waals surface area (Å²) in [7, 11) is 1.57. The smallest absolute Gasteiger partial charge is 0.252 e. The van der Waals surface area contributed by atoms with Crippen LogP contribution in [0.25, 0.3) is 0 Å². The van der Waals surface area contributed by atoms with Gasteiger partial charge in [-0.3, -0.25) is 4.79 Å². The molecule has 0 radical (unpaired) electrons. The minimum absolute atomic E-state index is 0.0490. The molecule has 0 bridgehead atoms. The first kappa shape index (κ1) is 20.9. The fourth-order valence-electron chi connectivity index (χ4n) is 3.40. The number of benzene rings is 1. The molecule has 0 atom stereocenters. The molecule has 3 N–H and O–H groups in total. The number of halogens is 1. The van der Waals surface area contributed by atoms with Gasteiger partial charge in [-0.2, -0.15) is 4.98 Å². The zero-order valence-corrected chi connectivity index (χ0v) is 18.4. The van der Waals surface area contributed by atoms with Gasteiger partial charge in [0.05, 0.1) is 17.6 Å². The van der Waals surface area contributed by atoms with E-state index >= 15 is 0 Å². The number of carbonyl (C=O) groups is 1. The predicted octanol–water partition coefficient (Wildman–Crippen LogP) is 4.58. The van der Waals surface area contributed by atoms with Crippen molar-refractivity contribution in [2.45, 2.75) is 38.5 Å². The van der Waals surface area contributed by atoms with Gasteiger partial charge in [-0.15, -0.1) is 0 Å². The first-order valence-electron chi connectivity index (χ1n) is 9.61. The molecule has 1 heterocycles. The number of hydrogen-bond donors (Lipinski definition) is 3. The number of ether oxygens (including phenoxy) is 1. The maximum Gasteiger partial charge on any atom is 0.252 e. The van der Waals surface area contributed by atoms with Crippen LogP contribution in [-0.2, 0) is 6.42 Å². The summed E-state index contributed by atoms with van der Waals surface area (Å²) in [5.74, 6) is 1.18. The van der Waals surface area contributed by atoms with Crippen molar-refractivity contribution in [3.8, 4) is 11.6 Å². The largest absolute Gasteiger partial charge is 0.497 e. The molecule has 2 aromatic rings. The van der Waals surface area contributed by atoms with Gasteiger partial charge >= 0.3 is 0 Å². The molecule has 0 spiro atoms. The van der Waals surface area contributed by atoms with E-state index in [1.165, 1.54) is 43.4 Å². The summed E-state index contributed by atoms with van der Waals surface area (Å²) in [5, 5.41) is 17.1. The van der Waals surface area contributed by atoms with Crippen LogP contribution in [0.1, 0.15) is 47.3 Å². The van der Waals surface area contributed by atoms with Crippen molar-refractivity contribution in [1.29, 1.82) is 0 Å². The van der Waals surface area contributed by atoms with Crippen LogP contribution in [0.3, 0.4) is 0 Å². The van der Waals surface area contributed by atoms with Crippen LogP contribution in [0.15, 0.2) is 22.7 Å². The minimum atomic E-state index is -0.189. The number of carbonyl (C=O) groups excluding carboxylic acids is 1. The van der Waals surface area contributed by atoms with Crippen LogP contribution >= 0.6 is 27.3 Å². The first-order valence-corrected chi connectivity index (χ1v) is 11.2. The van der Waals surface area contributed by atoms with Gasteiger partial charge in [-0.25, -0.2) is 0 Å². The topological polar surface area (TPSA) is 83.5 Å². The van der Waals surface area contributed by atoms with E-state index in [0.717, 1.165) is 16.6 Å². The molecule has 6 nitrogen and oxygen atoms in total. The van der Waals surface area contributed by atoms with Crippen LogP contribution in [0, 0.1) is 5.92 Å². The summed E-state index contributed by atoms with van der Waals surface area (Å²) >= 11 is 4.84. The zero-order chi connectivity index (χ0) is 19.9. The zero-order valence-electron chi connectivity index (χ0n) is 16.0. The SMILES string of the molecule is COc1ccc(Br)c(C(=O)NCCc2sc(NCC3CCCCC3)nc2O)c1. The van der Waals surface area contributed by atoms with Crippen molar-refractivity contribution < 1.29 is 14.6 Å². The number of rotatable bonds is 8. The van der Waals surface area contributed by atoms with Crippen molar-refractivity contribution in [3.63, 3.8) is 0 Å². The average molecular weight is 468 g/mol. The van der Waals surface area contributed by atoms with Crippen LogP contribution < -0.4 is 15.4 Å². The van der Waals surface area contributed by atoms with Crippen LogP contribution in [0.5, 0.6) is 11.6 Å². The van der Waals surface area contributed by atoms with Gasteiger partial charge in [-0.05, 0) is 52.9 Å². The Morgan fingerprint density at radius 1 is 1.36 bits per heavy atom. The number of amides is 1. The van der Waals surface area contributed by atoms with E-state index < -0.39 is 0 Å². The summed E-state index contributed by atoms with van der Waals surface area (Å²) in [5.41, 5.74) is 0.516. The normalized spacial score (nSPS) is 14.6. The van der Waals surface area contributed by atoms with Crippen molar-refractivity contribution in [3.05, 3.63) is 33.1 Å². The highest BCUT2D eigenvalue weighted by molar-refractivity contribution is 9.10. The molecule has 0 aliphatic heterocycles. The Hall–Kier alpha value is -1.80. The highest BCUT2D eigenvalue weighted by Crippen LogP contribution is 2.30. The van der Waals surface area contributed by atoms with Gasteiger partial charge in [0.2, 0.25) is 5.88 Å². The molecule has 1 aliphatic rings. The Labute approximate surface area is 177 Å². The van der Waals surface area contributed by atoms with E-state index in [-0.39, 0.29) is 11.8 Å². The maximum absolute atomic E-state index is 12.4. The van der Waals surface area contributed by atoms with E-state index in [9.17, 15) is 9.90 Å². The lowest BCUT2D eigenvalue weighted by Crippen LogP contribution is -2.25. The molecule has 152 valence electrons. The molecule has 1 aliphatic carbocycles. The summed E-state index contributed by atoms with van der Waals surface area (Å²) in [4.78, 5) is 17.4. The summed E-state index contributed by atoms with van der Waals surface area (Å²) in [6.07, 6.45) is 7.03. The molecule has 8 heteroatoms. The highest BCUT2D eigenvalue weighted by Gasteiger charge is 2.16. The number of nitrogens with zero attached hydrogens (tertiary/aromatic N) is 1. The lowest BCUT2D eigenvalue weighted by molar-refractivity contribution is 0.0953. The second kappa shape index (κ2) is 10.1. The third kappa shape index (κ3) is 5.61. The second-order valence-corrected chi connectivity index (χ2v) is 8.94. The van der Waals surface area contributed by atoms with Crippen molar-refractivity contribution in [2.75, 3.05) is 25.5 Å². The Morgan fingerprint density at radius 2 is 2.14 bits per heavy atom. The molecular weight excluding hydrogens is 442 g/mol. The third-order valence-corrected chi connectivity index (χ3v) is 6.75. The standard InChI is InChI=1S/C20H26BrN3O3S/c1-27-14-7-8-16(21)15(11-14)18(25)22-10-9-17-19(26)24-20(28-17)23-12-13-5-3-2-4-6-13/h7-8,11,13,26H,2-6,9-10,12H2,1H3,(H,22,25)(H,23,24). The Balaban J connectivity index is 1.49. The van der Waals surface area contributed by atoms with Gasteiger partial charge in [0.25, 0.3) is 5.91 Å². The van der Waals surface area contributed by atoms with Crippen LogP contribution in [0.2, 0.25) is 0 Å². The lowest BCUT2D eigenvalue weighted by atomic mass is 9.89. The van der Waals surface area contributed by atoms with Gasteiger partial charge in [0, 0.05) is 24.0 Å². The number of hydrogen-bond acceptors (Lipinski definition) is 6. The second-order valence-electron chi connectivity index (χ2n) is 7.00. The third-order valence-electron chi connectivity index (χ3n) is 5.00. The number of aromatic nitrogens is 1. The molecule has 3 rings (SSSR count). The molecule has 1 fully saturated rings. The van der Waals surface area contributed by atoms with E-state index in [0.29, 0.717) is 34.7 Å². The molecule has 1 aromatic carbocycles. The summed E-state index contributed by atoms with van der Waals surface area (Å²) in [6.45, 7) is 1.33. The van der Waals surface area contributed by atoms with Crippen molar-refractivity contribution >= 4 is 38.3 Å². The van der Waals surface area contributed by atoms with Gasteiger partial charge in [-0.1, -0.05) is 30.6 Å². The van der Waals surface area contributed by atoms with Gasteiger partial charge in [0.1, 0.15) is 5.75 Å². The number of thiazole rings is 1. The van der Waals surface area contributed by atoms with Gasteiger partial charge in [0.15, 0.2) is 5.13 Å². The summed E-state index contributed by atoms with van der Waals surface area (Å²) < 4.78 is 5.88. The van der Waals surface area contributed by atoms with E-state index in [2.05, 4.69) is 31.5 Å². The minimum Gasteiger partial charge on any atom is -0.497 e. The molecule has 1 saturated carbocycles. The van der Waals surface area contributed by atoms with Crippen LogP contribution in [-0.4, -0.2) is 36.2 Å². The molecule has 0 saturated heterocycles. The molecule has 0 unspecified atom stereocenters. The van der Waals surface area contributed by atoms with E-state index in [1.807, 2.05) is 0 Å². The first-order chi connectivity index (χ1) is 13.6. The average Bonchev–Trinajstić information content (AvgIpc) is 3.07. The predicted molar refractivity (Wildman–Crippen MR) is 116 cm³/mol. The number of anilines is 1. The van der Waals surface area contributed by atoms with E-state index in [4.69, 9.17) is 4.74 Å². The summed E-state index contributed by atoms with van der Waals surface area (Å²) in [6, 6.07) is 5.27. The quantitative estimate of drug-likeness (QED) is 0.528. The van der Waals surface area contributed by atoms with Gasteiger partial charge < -0.3 is 20.5 Å². The molecule has 1 aromatic heterocycles. The molecule has 28 heavy (non-hydrogen) atoms. The molecule has 1 amide bonds. The Morgan fingerprint density at radius 3 is 2.89 bits per heavy atom. The monoisotopic (exact) mass is 467 g/mol. The Kier molecular flexibility index (Phi) is 7.56. The highest BCUT2D eigenvalue weighted by atomic mass is 79.9. The number of aromatic hydroxyl groups is 1. The van der Waals surface area contributed by atoms with E-state index in [1.54, 1.807) is 25.3 Å². The van der Waals surface area contributed by atoms with Crippen LogP contribution in [0.4, 0.5) is 5.13 Å².